The first kappa shape index (κ1) is 110. The first-order chi connectivity index (χ1) is 55.7. The van der Waals surface area contributed by atoms with Crippen LogP contribution in [0.15, 0.2) is 0 Å². The van der Waals surface area contributed by atoms with Crippen LogP contribution in [0.1, 0.15) is 231 Å². The minimum atomic E-state index is -1.20. The van der Waals surface area contributed by atoms with Crippen molar-refractivity contribution in [1.82, 2.24) is 0 Å². The minimum absolute atomic E-state index is 0.00931. The Morgan fingerprint density at radius 3 is 1.01 bits per heavy atom. The summed E-state index contributed by atoms with van der Waals surface area (Å²) in [6.45, 7) is 46.2. The van der Waals surface area contributed by atoms with Crippen molar-refractivity contribution in [2.75, 3.05) is 35.0 Å². The van der Waals surface area contributed by atoms with Gasteiger partial charge in [-0.25, -0.2) is 17.6 Å². The molecule has 12 heterocycles. The number of hydrogen-bond acceptors (Lipinski definition) is 30. The van der Waals surface area contributed by atoms with Crippen LogP contribution < -0.4 is 0 Å². The maximum Gasteiger partial charge on any atom is 0.305 e. The van der Waals surface area contributed by atoms with Gasteiger partial charge in [0.05, 0.1) is 61.5 Å². The lowest BCUT2D eigenvalue weighted by atomic mass is 9.99. The fourth-order valence-electron chi connectivity index (χ4n) is 15.8. The van der Waals surface area contributed by atoms with Crippen LogP contribution in [0, 0.1) is 53.3 Å². The minimum Gasteiger partial charge on any atom is -0.455 e. The third-order valence-electron chi connectivity index (χ3n) is 23.5. The van der Waals surface area contributed by atoms with Crippen molar-refractivity contribution >= 4 is 35.3 Å². The zero-order chi connectivity index (χ0) is 90.7. The molecule has 0 amide bonds. The van der Waals surface area contributed by atoms with Crippen molar-refractivity contribution in [1.29, 1.82) is 0 Å². The number of Topliss-reactive ketones (excluding diaryl/α,β-unsaturated/α-hetero) is 1. The first-order valence-electron chi connectivity index (χ1n) is 42.7. The van der Waals surface area contributed by atoms with Crippen LogP contribution in [-0.2, 0) is 119 Å². The second-order valence-electron chi connectivity index (χ2n) is 33.0. The molecule has 0 bridgehead atoms. The number of alkyl halides is 5. The molecule has 30 nitrogen and oxygen atoms in total. The third-order valence-corrected chi connectivity index (χ3v) is 23.8. The summed E-state index contributed by atoms with van der Waals surface area (Å²) in [5.74, 6) is -2.07. The van der Waals surface area contributed by atoms with E-state index in [1.54, 1.807) is 41.9 Å². The van der Waals surface area contributed by atoms with Gasteiger partial charge in [0.1, 0.15) is 42.8 Å². The molecule has 12 aliphatic heterocycles. The fraction of sp³-hybridized carbons (Fsp3) is 0.952. The molecule has 119 heavy (non-hydrogen) atoms. The van der Waals surface area contributed by atoms with Gasteiger partial charge in [-0.3, -0.25) is 19.2 Å². The van der Waals surface area contributed by atoms with Crippen LogP contribution in [0.3, 0.4) is 0 Å². The van der Waals surface area contributed by atoms with E-state index in [-0.39, 0.29) is 121 Å². The lowest BCUT2D eigenvalue weighted by Gasteiger charge is -2.22. The number of aliphatic hydroxyl groups is 5. The van der Waals surface area contributed by atoms with Gasteiger partial charge in [0.15, 0.2) is 85.3 Å². The van der Waals surface area contributed by atoms with Crippen molar-refractivity contribution in [2.45, 2.75) is 427 Å². The molecule has 5 N–H and O–H groups in total. The molecule has 35 heteroatoms. The second kappa shape index (κ2) is 52.5. The SMILES string of the molecule is CC1(C)OC2[C@@H](O[C@H](CO)[C@@H]2O)O1.CC[C@H]1O[C@@H](Cl)C(F)[C@H]1C.CC[C@H]1O[C@@H](O)C(F)[C@H]1C.CC[C@H]1O[C@@H](OC(C)=O)C(F)[C@H]1C.CC[C@H]1O[C@@H](OC(C)=O)C(OC(C)=O)[C@H]1C.CC[C@H]1O[C@@H](OC)C(=O)[C@H]1C.CC[C@H]1O[C@@H](OC)C(F)[C@H]1C.CC[C@H]1O[C@@H](OC)C(O)[C@H]1C.CC[C@H]1O[C@@H](OC)C(O)[C@H]1C.CC[C@H]1O[C@H]2OC(C)(C)OC2[C@H]1C. The van der Waals surface area contributed by atoms with Gasteiger partial charge in [-0.15, -0.1) is 0 Å². The Balaban J connectivity index is 0.000000343. The summed E-state index contributed by atoms with van der Waals surface area (Å²) < 4.78 is 162. The van der Waals surface area contributed by atoms with E-state index in [4.69, 9.17) is 117 Å². The zero-order valence-electron chi connectivity index (χ0n) is 75.9. The molecule has 9 unspecified atom stereocenters. The van der Waals surface area contributed by atoms with Crippen LogP contribution in [0.2, 0.25) is 0 Å². The highest BCUT2D eigenvalue weighted by Crippen LogP contribution is 2.43. The number of hydrogen-bond donors (Lipinski definition) is 5. The topological polar surface area (TPSA) is 363 Å². The first-order valence-corrected chi connectivity index (χ1v) is 43.1. The molecular weight excluding hydrogens is 1600 g/mol. The number of carbonyl (C=O) groups excluding carboxylic acids is 4. The average molecular weight is 1750 g/mol. The van der Waals surface area contributed by atoms with Gasteiger partial charge >= 0.3 is 17.9 Å². The number of halogens is 5. The van der Waals surface area contributed by atoms with E-state index in [0.717, 1.165) is 57.8 Å². The molecular formula is C84H151ClF4O30. The Labute approximate surface area is 709 Å². The molecule has 12 saturated heterocycles. The highest BCUT2D eigenvalue weighted by Gasteiger charge is 2.56. The molecule has 702 valence electrons. The average Bonchev–Trinajstić information content (AvgIpc) is 1.62. The van der Waals surface area contributed by atoms with Gasteiger partial charge in [0, 0.05) is 102 Å². The van der Waals surface area contributed by atoms with Crippen LogP contribution in [0.25, 0.3) is 0 Å². The molecule has 0 saturated carbocycles. The maximum absolute atomic E-state index is 13.4. The van der Waals surface area contributed by atoms with E-state index < -0.39 is 147 Å². The zero-order valence-corrected chi connectivity index (χ0v) is 76.7. The number of methoxy groups -OCH3 is 4. The number of carbonyl (C=O) groups is 4. The van der Waals surface area contributed by atoms with E-state index in [9.17, 15) is 52.1 Å². The standard InChI is InChI=1S/C11H18O5.C10H18O3.C9H15FO3.C8H15FO2.C8H14O5.2C8H16O3.C8H14O3.C7H12ClFO.C7H13FO2/c1-5-9-6(2)10(14-7(3)12)11(16-9)15-8(4)13;1-5-7-6(2)8-9(11-7)13-10(3,4)12-8;1-4-7-5(2)8(10)9(13-7)12-6(3)11;1-4-6-5(2)7(9)8(10-3)11-6;1-8(2)12-6-5(10)4(3-9)11-7(6)13-8;3*1-4-6-5(2)7(9)8(10-3)11-6;1-3-5-4(2)6(9)7(8)10-5;1-3-5-4(2)6(8)7(9)10-5/h6,9-11H,5H2,1-4H3;6-9H,5H2,1-4H3;5,7-9H,4H2,1-3H3;5-8H,4H2,1-3H3;4-7,9-10H,3H2,1-2H3;2*5-9H,4H2,1-3H3;5-6,8H,4H2,1-3H3;4-7H,3H2,1-2H3;4-7,9H,3H2,1-2H3/t6-,9+,10?,11+;6-,7+,8?,9-;5-,7+,8?,9+;5-,6+,7?,8+;4-,5+,6?,7+;2*5-,6+,7?,8+;5-,6+,8+;2*4-,5+,6?,7+/m0000100000/s1. The van der Waals surface area contributed by atoms with E-state index >= 15 is 0 Å². The van der Waals surface area contributed by atoms with E-state index in [2.05, 4.69) is 18.6 Å². The Hall–Kier alpha value is -2.83. The van der Waals surface area contributed by atoms with Crippen LogP contribution in [0.5, 0.6) is 0 Å². The monoisotopic (exact) mass is 1750 g/mol. The number of ketones is 1. The van der Waals surface area contributed by atoms with E-state index in [1.165, 1.54) is 35.0 Å². The Morgan fingerprint density at radius 1 is 0.370 bits per heavy atom. The summed E-state index contributed by atoms with van der Waals surface area (Å²) in [5, 5.41) is 46.3. The number of fused-ring (bicyclic) bond motifs is 2. The molecule has 12 aliphatic rings. The maximum atomic E-state index is 13.4. The van der Waals surface area contributed by atoms with E-state index in [1.807, 2.05) is 111 Å². The van der Waals surface area contributed by atoms with Gasteiger partial charge in [-0.05, 0) is 85.5 Å². The number of esters is 3. The lowest BCUT2D eigenvalue weighted by molar-refractivity contribution is -0.218. The van der Waals surface area contributed by atoms with Crippen molar-refractivity contribution in [3.8, 4) is 0 Å². The van der Waals surface area contributed by atoms with Gasteiger partial charge in [-0.2, -0.15) is 0 Å². The second-order valence-corrected chi connectivity index (χ2v) is 33.4. The van der Waals surface area contributed by atoms with Crippen LogP contribution >= 0.6 is 11.6 Å². The fourth-order valence-corrected chi connectivity index (χ4v) is 16.2. The van der Waals surface area contributed by atoms with Gasteiger partial charge in [0.2, 0.25) is 18.9 Å². The largest absolute Gasteiger partial charge is 0.455 e. The summed E-state index contributed by atoms with van der Waals surface area (Å²) >= 11 is 5.53. The Kier molecular flexibility index (Phi) is 48.6. The summed E-state index contributed by atoms with van der Waals surface area (Å²) in [6, 6.07) is 0. The summed E-state index contributed by atoms with van der Waals surface area (Å²) in [7, 11) is 6.08. The quantitative estimate of drug-likeness (QED) is 0.0391. The molecule has 0 aliphatic carbocycles. The molecule has 0 aromatic heterocycles. The van der Waals surface area contributed by atoms with E-state index in [0.29, 0.717) is 12.0 Å². The molecule has 39 atom stereocenters. The van der Waals surface area contributed by atoms with Gasteiger partial charge in [0.25, 0.3) is 0 Å². The summed E-state index contributed by atoms with van der Waals surface area (Å²) in [6.07, 6.45) is -5.23. The molecule has 0 aromatic carbocycles. The summed E-state index contributed by atoms with van der Waals surface area (Å²) in [5.41, 5.74) is -0.722. The van der Waals surface area contributed by atoms with Crippen molar-refractivity contribution in [2.24, 2.45) is 53.3 Å². The molecule has 0 radical (unpaired) electrons. The number of ether oxygens (including phenoxy) is 21. The smallest absolute Gasteiger partial charge is 0.305 e. The number of rotatable bonds is 17. The normalized spacial score (nSPS) is 43.3. The predicted molar refractivity (Wildman–Crippen MR) is 427 cm³/mol. The van der Waals surface area contributed by atoms with Crippen LogP contribution in [0.4, 0.5) is 17.6 Å². The van der Waals surface area contributed by atoms with Crippen LogP contribution in [-0.4, -0.2) is 280 Å². The van der Waals surface area contributed by atoms with Gasteiger partial charge in [-0.1, -0.05) is 136 Å². The Morgan fingerprint density at radius 2 is 0.706 bits per heavy atom. The molecule has 0 aromatic rings. The highest BCUT2D eigenvalue weighted by atomic mass is 35.5. The Bertz CT molecular complexity index is 2670. The van der Waals surface area contributed by atoms with Crippen molar-refractivity contribution in [3.63, 3.8) is 0 Å². The van der Waals surface area contributed by atoms with Crippen molar-refractivity contribution < 1.29 is 162 Å². The predicted octanol–water partition coefficient (Wildman–Crippen LogP) is 11.7. The highest BCUT2D eigenvalue weighted by molar-refractivity contribution is 6.20. The molecule has 0 spiro atoms. The third kappa shape index (κ3) is 31.3. The van der Waals surface area contributed by atoms with Crippen molar-refractivity contribution in [3.05, 3.63) is 0 Å². The molecule has 12 rings (SSSR count). The van der Waals surface area contributed by atoms with Gasteiger partial charge < -0.3 is 125 Å². The summed E-state index contributed by atoms with van der Waals surface area (Å²) in [4.78, 5) is 43.7. The lowest BCUT2D eigenvalue weighted by Crippen LogP contribution is -2.36. The number of aliphatic hydroxyl groups excluding tert-OH is 5. The molecule has 12 fully saturated rings.